The molecule has 5 aromatic rings. The van der Waals surface area contributed by atoms with E-state index in [9.17, 15) is 4.79 Å². The fourth-order valence-electron chi connectivity index (χ4n) is 3.96. The molecule has 0 amide bonds. The number of nitrogens with two attached hydrogens (primary N) is 1. The number of benzene rings is 1. The molecule has 33 heavy (non-hydrogen) atoms. The van der Waals surface area contributed by atoms with Crippen LogP contribution in [0.5, 0.6) is 0 Å². The molecule has 0 aliphatic carbocycles. The number of pyridine rings is 1. The fourth-order valence-corrected chi connectivity index (χ4v) is 3.96. The van der Waals surface area contributed by atoms with Crippen molar-refractivity contribution in [1.82, 2.24) is 44.4 Å². The monoisotopic (exact) mass is 442 g/mol. The standard InChI is InChI=1S/C22H22N10O/c1-13-11-16(12-14(2)24-13)18-19(15-7-5-4-6-8-15)25-21(23)32-20(18)27-31(22(32)33)10-9-17-26-28-29-30(17)3/h4-8,11-12H,9-10H2,1-3H3,(H2,23,25). The summed E-state index contributed by atoms with van der Waals surface area (Å²) >= 11 is 0. The van der Waals surface area contributed by atoms with Gasteiger partial charge in [0.1, 0.15) is 0 Å². The number of nitrogen functional groups attached to an aromatic ring is 1. The van der Waals surface area contributed by atoms with Crippen LogP contribution in [0.25, 0.3) is 28.0 Å². The van der Waals surface area contributed by atoms with Gasteiger partial charge in [-0.3, -0.25) is 4.98 Å². The molecule has 4 heterocycles. The van der Waals surface area contributed by atoms with Crippen molar-refractivity contribution in [2.24, 2.45) is 7.05 Å². The van der Waals surface area contributed by atoms with Crippen LogP contribution in [0, 0.1) is 13.8 Å². The van der Waals surface area contributed by atoms with Crippen molar-refractivity contribution in [3.63, 3.8) is 0 Å². The van der Waals surface area contributed by atoms with Crippen LogP contribution >= 0.6 is 0 Å². The van der Waals surface area contributed by atoms with Crippen LogP contribution in [-0.2, 0) is 20.0 Å². The second-order valence-electron chi connectivity index (χ2n) is 7.83. The average Bonchev–Trinajstić information content (AvgIpc) is 3.34. The number of rotatable bonds is 5. The van der Waals surface area contributed by atoms with Crippen molar-refractivity contribution in [1.29, 1.82) is 0 Å². The van der Waals surface area contributed by atoms with E-state index in [0.717, 1.165) is 28.1 Å². The number of nitrogens with zero attached hydrogens (tertiary/aromatic N) is 9. The van der Waals surface area contributed by atoms with Gasteiger partial charge in [0.15, 0.2) is 11.5 Å². The lowest BCUT2D eigenvalue weighted by molar-refractivity contribution is 0.562. The zero-order valence-corrected chi connectivity index (χ0v) is 18.5. The molecule has 166 valence electrons. The first-order valence-electron chi connectivity index (χ1n) is 10.4. The quantitative estimate of drug-likeness (QED) is 0.433. The summed E-state index contributed by atoms with van der Waals surface area (Å²) in [5, 5.41) is 16.1. The molecule has 0 aliphatic rings. The SMILES string of the molecule is Cc1cc(-c2c(-c3ccccc3)nc(N)n3c(=O)n(CCc4nnnn4C)nc23)cc(C)n1. The maximum atomic E-state index is 13.2. The predicted molar refractivity (Wildman–Crippen MR) is 122 cm³/mol. The van der Waals surface area contributed by atoms with Gasteiger partial charge in [0.05, 0.1) is 17.8 Å². The summed E-state index contributed by atoms with van der Waals surface area (Å²) in [6, 6.07) is 13.6. The topological polar surface area (TPSA) is 135 Å². The van der Waals surface area contributed by atoms with Crippen molar-refractivity contribution in [2.75, 3.05) is 5.73 Å². The molecule has 0 aliphatic heterocycles. The largest absolute Gasteiger partial charge is 0.369 e. The first-order chi connectivity index (χ1) is 15.9. The molecule has 0 spiro atoms. The summed E-state index contributed by atoms with van der Waals surface area (Å²) in [6.45, 7) is 4.16. The van der Waals surface area contributed by atoms with Crippen LogP contribution < -0.4 is 11.4 Å². The molecule has 0 unspecified atom stereocenters. The van der Waals surface area contributed by atoms with E-state index in [1.54, 1.807) is 11.7 Å². The molecule has 11 heteroatoms. The highest BCUT2D eigenvalue weighted by molar-refractivity contribution is 5.90. The molecule has 0 radical (unpaired) electrons. The zero-order valence-electron chi connectivity index (χ0n) is 18.5. The van der Waals surface area contributed by atoms with Gasteiger partial charge in [0.25, 0.3) is 0 Å². The van der Waals surface area contributed by atoms with Gasteiger partial charge >= 0.3 is 5.69 Å². The minimum atomic E-state index is -0.367. The molecule has 2 N–H and O–H groups in total. The lowest BCUT2D eigenvalue weighted by Crippen LogP contribution is -2.24. The molecule has 0 atom stereocenters. The van der Waals surface area contributed by atoms with Crippen LogP contribution in [0.1, 0.15) is 17.2 Å². The van der Waals surface area contributed by atoms with Gasteiger partial charge in [-0.25, -0.2) is 23.5 Å². The second-order valence-corrected chi connectivity index (χ2v) is 7.83. The Hall–Kier alpha value is -4.41. The van der Waals surface area contributed by atoms with Crippen molar-refractivity contribution >= 4 is 11.6 Å². The normalized spacial score (nSPS) is 11.4. The Morgan fingerprint density at radius 2 is 1.73 bits per heavy atom. The predicted octanol–water partition coefficient (Wildman–Crippen LogP) is 1.59. The Morgan fingerprint density at radius 1 is 1.00 bits per heavy atom. The number of hydrogen-bond donors (Lipinski definition) is 1. The minimum Gasteiger partial charge on any atom is -0.369 e. The molecule has 4 aromatic heterocycles. The van der Waals surface area contributed by atoms with Gasteiger partial charge in [-0.2, -0.15) is 0 Å². The van der Waals surface area contributed by atoms with E-state index in [4.69, 9.17) is 5.73 Å². The van der Waals surface area contributed by atoms with Gasteiger partial charge in [-0.15, -0.1) is 10.2 Å². The highest BCUT2D eigenvalue weighted by Crippen LogP contribution is 2.34. The molecule has 5 rings (SSSR count). The average molecular weight is 442 g/mol. The van der Waals surface area contributed by atoms with E-state index in [2.05, 4.69) is 30.6 Å². The number of aromatic nitrogens is 9. The molecule has 0 saturated heterocycles. The van der Waals surface area contributed by atoms with E-state index >= 15 is 0 Å². The first-order valence-corrected chi connectivity index (χ1v) is 10.4. The highest BCUT2D eigenvalue weighted by atomic mass is 16.2. The second kappa shape index (κ2) is 7.93. The van der Waals surface area contributed by atoms with Crippen LogP contribution in [0.4, 0.5) is 5.95 Å². The van der Waals surface area contributed by atoms with E-state index < -0.39 is 0 Å². The Balaban J connectivity index is 1.76. The summed E-state index contributed by atoms with van der Waals surface area (Å²) in [6.07, 6.45) is 0.439. The lowest BCUT2D eigenvalue weighted by Gasteiger charge is -2.13. The zero-order chi connectivity index (χ0) is 23.1. The van der Waals surface area contributed by atoms with Crippen molar-refractivity contribution in [3.05, 3.63) is 70.2 Å². The maximum absolute atomic E-state index is 13.2. The molecule has 0 saturated carbocycles. The smallest absolute Gasteiger partial charge is 0.353 e. The third kappa shape index (κ3) is 3.63. The van der Waals surface area contributed by atoms with E-state index in [1.807, 2.05) is 56.3 Å². The van der Waals surface area contributed by atoms with Gasteiger partial charge in [0.2, 0.25) is 5.95 Å². The van der Waals surface area contributed by atoms with E-state index in [0.29, 0.717) is 30.1 Å². The Morgan fingerprint density at radius 3 is 2.39 bits per heavy atom. The summed E-state index contributed by atoms with van der Waals surface area (Å²) in [4.78, 5) is 22.4. The molecule has 0 fully saturated rings. The third-order valence-electron chi connectivity index (χ3n) is 5.43. The lowest BCUT2D eigenvalue weighted by atomic mass is 9.99. The number of hydrogen-bond acceptors (Lipinski definition) is 8. The van der Waals surface area contributed by atoms with Crippen molar-refractivity contribution < 1.29 is 0 Å². The highest BCUT2D eigenvalue weighted by Gasteiger charge is 2.22. The van der Waals surface area contributed by atoms with E-state index in [-0.39, 0.29) is 11.6 Å². The Labute approximate surface area is 188 Å². The molecular formula is C22H22N10O. The minimum absolute atomic E-state index is 0.0756. The van der Waals surface area contributed by atoms with E-state index in [1.165, 1.54) is 9.08 Å². The number of fused-ring (bicyclic) bond motifs is 1. The Kier molecular flexibility index (Phi) is 4.93. The van der Waals surface area contributed by atoms with Crippen LogP contribution in [-0.4, -0.2) is 44.4 Å². The molecule has 1 aromatic carbocycles. The first kappa shape index (κ1) is 20.5. The number of aryl methyl sites for hydroxylation is 5. The number of tetrazole rings is 1. The molecule has 11 nitrogen and oxygen atoms in total. The van der Waals surface area contributed by atoms with Crippen molar-refractivity contribution in [2.45, 2.75) is 26.8 Å². The van der Waals surface area contributed by atoms with Crippen LogP contribution in [0.3, 0.4) is 0 Å². The molecule has 0 bridgehead atoms. The van der Waals surface area contributed by atoms with Gasteiger partial charge in [-0.1, -0.05) is 30.3 Å². The van der Waals surface area contributed by atoms with Crippen LogP contribution in [0.2, 0.25) is 0 Å². The third-order valence-corrected chi connectivity index (χ3v) is 5.43. The van der Waals surface area contributed by atoms with Crippen LogP contribution in [0.15, 0.2) is 47.3 Å². The summed E-state index contributed by atoms with van der Waals surface area (Å²) in [5.41, 5.74) is 11.2. The van der Waals surface area contributed by atoms with Crippen molar-refractivity contribution in [3.8, 4) is 22.4 Å². The number of anilines is 1. The maximum Gasteiger partial charge on any atom is 0.353 e. The summed E-state index contributed by atoms with van der Waals surface area (Å²) < 4.78 is 4.29. The van der Waals surface area contributed by atoms with Gasteiger partial charge < -0.3 is 5.73 Å². The van der Waals surface area contributed by atoms with Gasteiger partial charge in [0, 0.05) is 30.4 Å². The summed E-state index contributed by atoms with van der Waals surface area (Å²) in [5.74, 6) is 0.724. The fraction of sp³-hybridized carbons (Fsp3) is 0.227. The Bertz CT molecular complexity index is 1510. The molecular weight excluding hydrogens is 420 g/mol. The summed E-state index contributed by atoms with van der Waals surface area (Å²) in [7, 11) is 1.75. The van der Waals surface area contributed by atoms with Gasteiger partial charge in [-0.05, 0) is 42.0 Å².